The van der Waals surface area contributed by atoms with Gasteiger partial charge in [-0.2, -0.15) is 5.48 Å². The molecule has 0 aliphatic carbocycles. The molecule has 0 atom stereocenters. The lowest BCUT2D eigenvalue weighted by atomic mass is 10.2. The fraction of sp³-hybridized carbons (Fsp3) is 0.933. The summed E-state index contributed by atoms with van der Waals surface area (Å²) in [6.07, 6.45) is -0.620. The van der Waals surface area contributed by atoms with Gasteiger partial charge in [0.25, 0.3) is 0 Å². The Morgan fingerprint density at radius 3 is 1.65 bits per heavy atom. The molecule has 0 unspecified atom stereocenters. The van der Waals surface area contributed by atoms with E-state index in [1.54, 1.807) is 20.8 Å². The number of nitrogens with one attached hydrogen (secondary N) is 1. The number of rotatable bonds is 14. The zero-order chi connectivity index (χ0) is 17.4. The van der Waals surface area contributed by atoms with Gasteiger partial charge >= 0.3 is 6.09 Å². The number of hydroxylamine groups is 1. The quantitative estimate of drug-likeness (QED) is 0.380. The molecule has 0 rings (SSSR count). The van der Waals surface area contributed by atoms with Crippen molar-refractivity contribution in [3.8, 4) is 0 Å². The molecule has 0 heterocycles. The van der Waals surface area contributed by atoms with Gasteiger partial charge in [-0.15, -0.1) is 0 Å². The molecule has 8 nitrogen and oxygen atoms in total. The van der Waals surface area contributed by atoms with Gasteiger partial charge in [-0.25, -0.2) is 4.79 Å². The van der Waals surface area contributed by atoms with Gasteiger partial charge in [0.2, 0.25) is 0 Å². The van der Waals surface area contributed by atoms with E-state index < -0.39 is 11.7 Å². The van der Waals surface area contributed by atoms with Crippen molar-refractivity contribution in [2.45, 2.75) is 33.3 Å². The first kappa shape index (κ1) is 22.1. The van der Waals surface area contributed by atoms with Gasteiger partial charge < -0.3 is 23.7 Å². The minimum absolute atomic E-state index is 0.236. The lowest BCUT2D eigenvalue weighted by molar-refractivity contribution is -0.0366. The smallest absolute Gasteiger partial charge is 0.431 e. The van der Waals surface area contributed by atoms with Crippen LogP contribution in [-0.2, 0) is 28.5 Å². The van der Waals surface area contributed by atoms with Crippen LogP contribution in [0.5, 0.6) is 0 Å². The second-order valence-corrected chi connectivity index (χ2v) is 5.49. The minimum Gasteiger partial charge on any atom is -0.442 e. The van der Waals surface area contributed by atoms with Crippen molar-refractivity contribution in [2.24, 2.45) is 0 Å². The molecule has 0 aliphatic heterocycles. The molecule has 0 aromatic heterocycles. The topological polar surface area (TPSA) is 84.5 Å². The molecule has 0 aromatic carbocycles. The van der Waals surface area contributed by atoms with Gasteiger partial charge in [0.15, 0.2) is 0 Å². The van der Waals surface area contributed by atoms with Crippen LogP contribution in [0, 0.1) is 0 Å². The zero-order valence-electron chi connectivity index (χ0n) is 14.7. The van der Waals surface area contributed by atoms with E-state index in [9.17, 15) is 4.79 Å². The summed E-state index contributed by atoms with van der Waals surface area (Å²) in [6.45, 7) is 11.7. The molecular formula is C15H31NO7. The molecule has 0 aromatic rings. The first-order chi connectivity index (χ1) is 11.0. The lowest BCUT2D eigenvalue weighted by Gasteiger charge is -2.19. The fourth-order valence-corrected chi connectivity index (χ4v) is 1.31. The van der Waals surface area contributed by atoms with Gasteiger partial charge in [0.1, 0.15) is 5.60 Å². The minimum atomic E-state index is -0.620. The third kappa shape index (κ3) is 19.0. The average molecular weight is 337 g/mol. The maximum Gasteiger partial charge on any atom is 0.431 e. The summed E-state index contributed by atoms with van der Waals surface area (Å²) in [5.41, 5.74) is 1.63. The normalized spacial score (nSPS) is 11.5. The largest absolute Gasteiger partial charge is 0.442 e. The predicted octanol–water partition coefficient (Wildman–Crippen LogP) is 1.53. The summed E-state index contributed by atoms with van der Waals surface area (Å²) < 4.78 is 26.0. The average Bonchev–Trinajstić information content (AvgIpc) is 2.46. The number of ether oxygens (including phenoxy) is 5. The summed E-state index contributed by atoms with van der Waals surface area (Å²) in [4.78, 5) is 16.1. The second kappa shape index (κ2) is 14.6. The highest BCUT2D eigenvalue weighted by molar-refractivity contribution is 5.66. The Kier molecular flexibility index (Phi) is 14.1. The number of hydrogen-bond acceptors (Lipinski definition) is 7. The van der Waals surface area contributed by atoms with Crippen LogP contribution >= 0.6 is 0 Å². The summed E-state index contributed by atoms with van der Waals surface area (Å²) in [5, 5.41) is 0. The van der Waals surface area contributed by atoms with Crippen LogP contribution in [0.25, 0.3) is 0 Å². The molecule has 1 N–H and O–H groups in total. The zero-order valence-corrected chi connectivity index (χ0v) is 14.7. The maximum atomic E-state index is 11.2. The van der Waals surface area contributed by atoms with Crippen molar-refractivity contribution in [3.63, 3.8) is 0 Å². The Hall–Kier alpha value is -0.930. The Morgan fingerprint density at radius 1 is 0.783 bits per heavy atom. The van der Waals surface area contributed by atoms with E-state index in [2.05, 4.69) is 5.48 Å². The van der Waals surface area contributed by atoms with E-state index in [1.165, 1.54) is 0 Å². The molecule has 0 saturated carbocycles. The van der Waals surface area contributed by atoms with Crippen LogP contribution in [-0.4, -0.2) is 71.2 Å². The molecule has 0 saturated heterocycles. The van der Waals surface area contributed by atoms with E-state index in [1.807, 2.05) is 6.92 Å². The molecule has 0 spiro atoms. The molecule has 0 fully saturated rings. The van der Waals surface area contributed by atoms with E-state index in [0.717, 1.165) is 0 Å². The van der Waals surface area contributed by atoms with E-state index in [4.69, 9.17) is 28.5 Å². The van der Waals surface area contributed by atoms with Gasteiger partial charge in [-0.3, -0.25) is 4.84 Å². The maximum absolute atomic E-state index is 11.2. The van der Waals surface area contributed by atoms with Gasteiger partial charge in [-0.05, 0) is 27.7 Å². The number of carbonyl (C=O) groups is 1. The summed E-state index contributed by atoms with van der Waals surface area (Å²) in [7, 11) is 0. The van der Waals surface area contributed by atoms with Crippen molar-refractivity contribution in [2.75, 3.05) is 59.5 Å². The van der Waals surface area contributed by atoms with Crippen molar-refractivity contribution < 1.29 is 33.3 Å². The fourth-order valence-electron chi connectivity index (χ4n) is 1.31. The molecular weight excluding hydrogens is 306 g/mol. The Labute approximate surface area is 138 Å². The molecule has 138 valence electrons. The van der Waals surface area contributed by atoms with Crippen LogP contribution in [0.3, 0.4) is 0 Å². The van der Waals surface area contributed by atoms with Crippen LogP contribution in [0.1, 0.15) is 27.7 Å². The highest BCUT2D eigenvalue weighted by Crippen LogP contribution is 2.06. The lowest BCUT2D eigenvalue weighted by Crippen LogP contribution is -2.33. The molecule has 8 heteroatoms. The highest BCUT2D eigenvalue weighted by atomic mass is 16.7. The van der Waals surface area contributed by atoms with E-state index >= 15 is 0 Å². The Bertz CT molecular complexity index is 281. The van der Waals surface area contributed by atoms with Crippen molar-refractivity contribution in [3.05, 3.63) is 0 Å². The molecule has 1 amide bonds. The van der Waals surface area contributed by atoms with Crippen LogP contribution in [0.4, 0.5) is 4.79 Å². The first-order valence-electron chi connectivity index (χ1n) is 7.87. The number of carbonyl (C=O) groups excluding carboxylic acids is 1. The molecule has 23 heavy (non-hydrogen) atoms. The van der Waals surface area contributed by atoms with Crippen molar-refractivity contribution in [1.82, 2.24) is 5.48 Å². The molecule has 0 aliphatic rings. The van der Waals surface area contributed by atoms with Crippen LogP contribution in [0.15, 0.2) is 0 Å². The number of hydrogen-bond donors (Lipinski definition) is 1. The molecule has 0 bridgehead atoms. The standard InChI is InChI=1S/C15H31NO7/c1-5-18-6-7-19-8-9-20-10-11-21-12-13-22-16-14(17)23-15(2,3)4/h5-13H2,1-4H3,(H,16,17). The SMILES string of the molecule is CCOCCOCCOCCOCCONC(=O)OC(C)(C)C. The van der Waals surface area contributed by atoms with E-state index in [-0.39, 0.29) is 6.61 Å². The van der Waals surface area contributed by atoms with E-state index in [0.29, 0.717) is 52.9 Å². The second-order valence-electron chi connectivity index (χ2n) is 5.49. The first-order valence-corrected chi connectivity index (χ1v) is 7.87. The number of amides is 1. The van der Waals surface area contributed by atoms with Crippen LogP contribution in [0.2, 0.25) is 0 Å². The predicted molar refractivity (Wildman–Crippen MR) is 84.3 cm³/mol. The van der Waals surface area contributed by atoms with Gasteiger partial charge in [-0.1, -0.05) is 0 Å². The summed E-state index contributed by atoms with van der Waals surface area (Å²) >= 11 is 0. The Morgan fingerprint density at radius 2 is 1.22 bits per heavy atom. The monoisotopic (exact) mass is 337 g/mol. The summed E-state index contributed by atoms with van der Waals surface area (Å²) in [5.74, 6) is 0. The third-order valence-electron chi connectivity index (χ3n) is 2.20. The van der Waals surface area contributed by atoms with Crippen molar-refractivity contribution >= 4 is 6.09 Å². The third-order valence-corrected chi connectivity index (χ3v) is 2.20. The highest BCUT2D eigenvalue weighted by Gasteiger charge is 2.15. The van der Waals surface area contributed by atoms with Gasteiger partial charge in [0.05, 0.1) is 52.9 Å². The summed E-state index contributed by atoms with van der Waals surface area (Å²) in [6, 6.07) is 0. The van der Waals surface area contributed by atoms with Crippen molar-refractivity contribution in [1.29, 1.82) is 0 Å². The van der Waals surface area contributed by atoms with Crippen LogP contribution < -0.4 is 5.48 Å². The molecule has 0 radical (unpaired) electrons. The Balaban J connectivity index is 3.15. The van der Waals surface area contributed by atoms with Gasteiger partial charge in [0, 0.05) is 6.61 Å².